The summed E-state index contributed by atoms with van der Waals surface area (Å²) in [7, 11) is 0. The van der Waals surface area contributed by atoms with Gasteiger partial charge in [0.25, 0.3) is 0 Å². The Hall–Kier alpha value is -1.28. The molecular formula is C12H23N3O4S. The largest absolute Gasteiger partial charge is 0.480 e. The summed E-state index contributed by atoms with van der Waals surface area (Å²) in [5.41, 5.74) is 5.34. The number of nitrogens with two attached hydrogens (primary N) is 1. The van der Waals surface area contributed by atoms with Crippen molar-refractivity contribution in [2.45, 2.75) is 32.9 Å². The third-order valence-electron chi connectivity index (χ3n) is 2.36. The Morgan fingerprint density at radius 3 is 2.40 bits per heavy atom. The molecule has 2 amide bonds. The van der Waals surface area contributed by atoms with Crippen LogP contribution in [0.3, 0.4) is 0 Å². The minimum absolute atomic E-state index is 0.0130. The monoisotopic (exact) mass is 305 g/mol. The molecule has 20 heavy (non-hydrogen) atoms. The normalized spacial score (nSPS) is 12.1. The second-order valence-corrected chi connectivity index (χ2v) is 5.62. The fraction of sp³-hybridized carbons (Fsp3) is 0.750. The Morgan fingerprint density at radius 1 is 1.35 bits per heavy atom. The standard InChI is InChI=1S/C12H23N3O4S/c1-4-15(5-10(16)14-8(2)3)11(17)7-20-6-9(13)12(18)19/h8-9H,4-7,13H2,1-3H3,(H,14,16)(H,18,19)/t9-/m0/s1. The molecule has 0 spiro atoms. The molecule has 0 saturated heterocycles. The molecule has 4 N–H and O–H groups in total. The highest BCUT2D eigenvalue weighted by Crippen LogP contribution is 2.04. The zero-order valence-corrected chi connectivity index (χ0v) is 12.9. The lowest BCUT2D eigenvalue weighted by Crippen LogP contribution is -2.43. The van der Waals surface area contributed by atoms with Crippen molar-refractivity contribution < 1.29 is 19.5 Å². The van der Waals surface area contributed by atoms with Crippen LogP contribution in [0.5, 0.6) is 0 Å². The third-order valence-corrected chi connectivity index (χ3v) is 3.40. The molecule has 0 saturated carbocycles. The topological polar surface area (TPSA) is 113 Å². The first kappa shape index (κ1) is 18.7. The maximum absolute atomic E-state index is 11.9. The lowest BCUT2D eigenvalue weighted by atomic mass is 10.3. The van der Waals surface area contributed by atoms with Crippen LogP contribution in [-0.4, -0.2) is 64.5 Å². The van der Waals surface area contributed by atoms with Crippen molar-refractivity contribution in [2.24, 2.45) is 5.73 Å². The van der Waals surface area contributed by atoms with E-state index in [1.54, 1.807) is 6.92 Å². The van der Waals surface area contributed by atoms with Gasteiger partial charge >= 0.3 is 5.97 Å². The smallest absolute Gasteiger partial charge is 0.321 e. The Balaban J connectivity index is 4.14. The Morgan fingerprint density at radius 2 is 1.95 bits per heavy atom. The molecule has 0 radical (unpaired) electrons. The summed E-state index contributed by atoms with van der Waals surface area (Å²) in [6.45, 7) is 5.92. The Kier molecular flexibility index (Phi) is 8.98. The van der Waals surface area contributed by atoms with E-state index < -0.39 is 12.0 Å². The van der Waals surface area contributed by atoms with Crippen LogP contribution in [0.15, 0.2) is 0 Å². The van der Waals surface area contributed by atoms with Gasteiger partial charge in [-0.05, 0) is 20.8 Å². The van der Waals surface area contributed by atoms with Gasteiger partial charge in [-0.15, -0.1) is 11.8 Å². The summed E-state index contributed by atoms with van der Waals surface area (Å²) in [4.78, 5) is 35.4. The van der Waals surface area contributed by atoms with Crippen molar-refractivity contribution in [1.29, 1.82) is 0 Å². The number of carbonyl (C=O) groups is 3. The number of carboxylic acids is 1. The molecule has 0 rings (SSSR count). The predicted octanol–water partition coefficient (Wildman–Crippen LogP) is -0.495. The van der Waals surface area contributed by atoms with Gasteiger partial charge in [0.05, 0.1) is 12.3 Å². The SMILES string of the molecule is CCN(CC(=O)NC(C)C)C(=O)CSC[C@H](N)C(=O)O. The van der Waals surface area contributed by atoms with Gasteiger partial charge in [-0.1, -0.05) is 0 Å². The number of hydrogen-bond donors (Lipinski definition) is 3. The van der Waals surface area contributed by atoms with Crippen LogP contribution >= 0.6 is 11.8 Å². The van der Waals surface area contributed by atoms with Crippen LogP contribution in [0.25, 0.3) is 0 Å². The number of carboxylic acid groups (broad SMARTS) is 1. The lowest BCUT2D eigenvalue weighted by Gasteiger charge is -2.21. The number of likely N-dealkylation sites (N-methyl/N-ethyl adjacent to an activating group) is 1. The average Bonchev–Trinajstić information content (AvgIpc) is 2.34. The van der Waals surface area contributed by atoms with E-state index in [0.717, 1.165) is 11.8 Å². The van der Waals surface area contributed by atoms with Crippen molar-refractivity contribution in [3.05, 3.63) is 0 Å². The number of nitrogens with one attached hydrogen (secondary N) is 1. The summed E-state index contributed by atoms with van der Waals surface area (Å²) in [5, 5.41) is 11.3. The summed E-state index contributed by atoms with van der Waals surface area (Å²) >= 11 is 1.15. The van der Waals surface area contributed by atoms with Crippen molar-refractivity contribution in [1.82, 2.24) is 10.2 Å². The fourth-order valence-electron chi connectivity index (χ4n) is 1.35. The summed E-state index contributed by atoms with van der Waals surface area (Å²) < 4.78 is 0. The molecular weight excluding hydrogens is 282 g/mol. The highest BCUT2D eigenvalue weighted by Gasteiger charge is 2.17. The van der Waals surface area contributed by atoms with Gasteiger partial charge in [0.2, 0.25) is 11.8 Å². The minimum Gasteiger partial charge on any atom is -0.480 e. The third kappa shape index (κ3) is 8.00. The maximum Gasteiger partial charge on any atom is 0.321 e. The van der Waals surface area contributed by atoms with Crippen LogP contribution in [0.4, 0.5) is 0 Å². The first-order valence-corrected chi connectivity index (χ1v) is 7.56. The number of nitrogens with zero attached hydrogens (tertiary/aromatic N) is 1. The van der Waals surface area contributed by atoms with E-state index in [2.05, 4.69) is 5.32 Å². The number of hydrogen-bond acceptors (Lipinski definition) is 5. The van der Waals surface area contributed by atoms with E-state index in [1.165, 1.54) is 4.90 Å². The molecule has 0 fully saturated rings. The van der Waals surface area contributed by atoms with Gasteiger partial charge in [-0.2, -0.15) is 0 Å². The maximum atomic E-state index is 11.9. The van der Waals surface area contributed by atoms with Crippen molar-refractivity contribution in [3.8, 4) is 0 Å². The molecule has 8 heteroatoms. The Labute approximate surface area is 123 Å². The molecule has 0 aliphatic heterocycles. The number of aliphatic carboxylic acids is 1. The quantitative estimate of drug-likeness (QED) is 0.529. The molecule has 0 bridgehead atoms. The first-order valence-electron chi connectivity index (χ1n) is 6.41. The minimum atomic E-state index is -1.09. The highest BCUT2D eigenvalue weighted by atomic mass is 32.2. The molecule has 0 aromatic carbocycles. The van der Waals surface area contributed by atoms with E-state index in [4.69, 9.17) is 10.8 Å². The molecule has 116 valence electrons. The van der Waals surface area contributed by atoms with Gasteiger partial charge in [-0.25, -0.2) is 0 Å². The van der Waals surface area contributed by atoms with E-state index in [0.29, 0.717) is 6.54 Å². The zero-order chi connectivity index (χ0) is 15.7. The first-order chi connectivity index (χ1) is 9.27. The number of thioether (sulfide) groups is 1. The van der Waals surface area contributed by atoms with Gasteiger partial charge in [-0.3, -0.25) is 14.4 Å². The molecule has 1 atom stereocenters. The fourth-order valence-corrected chi connectivity index (χ4v) is 2.22. The lowest BCUT2D eigenvalue weighted by molar-refractivity contribution is -0.138. The van der Waals surface area contributed by atoms with Crippen molar-refractivity contribution in [2.75, 3.05) is 24.6 Å². The number of carbonyl (C=O) groups excluding carboxylic acids is 2. The number of amides is 2. The van der Waals surface area contributed by atoms with E-state index in [1.807, 2.05) is 13.8 Å². The molecule has 0 aliphatic carbocycles. The van der Waals surface area contributed by atoms with E-state index >= 15 is 0 Å². The molecule has 0 aromatic heterocycles. The van der Waals surface area contributed by atoms with Gasteiger partial charge in [0, 0.05) is 18.3 Å². The van der Waals surface area contributed by atoms with Gasteiger partial charge < -0.3 is 21.1 Å². The molecule has 7 nitrogen and oxygen atoms in total. The summed E-state index contributed by atoms with van der Waals surface area (Å²) in [6.07, 6.45) is 0. The Bertz CT molecular complexity index is 350. The molecule has 0 aliphatic rings. The van der Waals surface area contributed by atoms with Crippen LogP contribution in [0.1, 0.15) is 20.8 Å². The summed E-state index contributed by atoms with van der Waals surface area (Å²) in [5.74, 6) is -1.22. The summed E-state index contributed by atoms with van der Waals surface area (Å²) in [6, 6.07) is -0.952. The van der Waals surface area contributed by atoms with Crippen molar-refractivity contribution in [3.63, 3.8) is 0 Å². The van der Waals surface area contributed by atoms with Crippen LogP contribution in [-0.2, 0) is 14.4 Å². The average molecular weight is 305 g/mol. The molecule has 0 aromatic rings. The van der Waals surface area contributed by atoms with Gasteiger partial charge in [0.1, 0.15) is 6.04 Å². The second-order valence-electron chi connectivity index (χ2n) is 4.59. The van der Waals surface area contributed by atoms with Gasteiger partial charge in [0.15, 0.2) is 0 Å². The highest BCUT2D eigenvalue weighted by molar-refractivity contribution is 8.00. The van der Waals surface area contributed by atoms with E-state index in [-0.39, 0.29) is 35.9 Å². The molecule has 0 heterocycles. The van der Waals surface area contributed by atoms with Crippen molar-refractivity contribution >= 4 is 29.5 Å². The predicted molar refractivity (Wildman–Crippen MR) is 78.5 cm³/mol. The molecule has 0 unspecified atom stereocenters. The zero-order valence-electron chi connectivity index (χ0n) is 12.1. The van der Waals surface area contributed by atoms with Crippen LogP contribution < -0.4 is 11.1 Å². The van der Waals surface area contributed by atoms with Crippen LogP contribution in [0, 0.1) is 0 Å². The number of rotatable bonds is 9. The van der Waals surface area contributed by atoms with Crippen LogP contribution in [0.2, 0.25) is 0 Å². The van der Waals surface area contributed by atoms with E-state index in [9.17, 15) is 14.4 Å². The second kappa shape index (κ2) is 9.60.